The van der Waals surface area contributed by atoms with Crippen molar-refractivity contribution in [2.45, 2.75) is 51.5 Å². The van der Waals surface area contributed by atoms with E-state index in [1.807, 2.05) is 48.7 Å². The summed E-state index contributed by atoms with van der Waals surface area (Å²) in [6, 6.07) is 9.94. The molecule has 3 aromatic rings. The first-order chi connectivity index (χ1) is 13.1. The number of benzene rings is 1. The number of nitrogens with zero attached hydrogens (tertiary/aromatic N) is 4. The van der Waals surface area contributed by atoms with E-state index in [1.54, 1.807) is 7.11 Å². The zero-order valence-electron chi connectivity index (χ0n) is 15.7. The highest BCUT2D eigenvalue weighted by Crippen LogP contribution is 2.36. The Kier molecular flexibility index (Phi) is 5.12. The van der Waals surface area contributed by atoms with Gasteiger partial charge in [-0.2, -0.15) is 4.98 Å². The van der Waals surface area contributed by atoms with Crippen molar-refractivity contribution in [2.24, 2.45) is 0 Å². The first-order valence-electron chi connectivity index (χ1n) is 9.18. The molecule has 142 valence electrons. The molecule has 3 unspecified atom stereocenters. The molecule has 2 aliphatic heterocycles. The Balaban J connectivity index is 0.000000250. The highest BCUT2D eigenvalue weighted by atomic mass is 35.5. The minimum atomic E-state index is -0.304. The third-order valence-corrected chi connectivity index (χ3v) is 5.30. The van der Waals surface area contributed by atoms with Crippen LogP contribution in [-0.2, 0) is 9.47 Å². The number of hydrogen-bond donors (Lipinski definition) is 0. The number of rotatable bonds is 3. The lowest BCUT2D eigenvalue weighted by atomic mass is 10.2. The van der Waals surface area contributed by atoms with Gasteiger partial charge in [0.1, 0.15) is 11.3 Å². The molecule has 0 spiro atoms. The van der Waals surface area contributed by atoms with E-state index in [2.05, 4.69) is 15.0 Å². The second-order valence-electron chi connectivity index (χ2n) is 6.97. The van der Waals surface area contributed by atoms with E-state index in [-0.39, 0.29) is 11.5 Å². The van der Waals surface area contributed by atoms with Crippen LogP contribution in [-0.4, -0.2) is 38.8 Å². The molecule has 2 bridgehead atoms. The Morgan fingerprint density at radius 2 is 1.78 bits per heavy atom. The lowest BCUT2D eigenvalue weighted by Gasteiger charge is -2.23. The Morgan fingerprint density at radius 3 is 2.33 bits per heavy atom. The summed E-state index contributed by atoms with van der Waals surface area (Å²) >= 11 is 5.99. The Hall–Kier alpha value is -2.02. The molecule has 7 heteroatoms. The summed E-state index contributed by atoms with van der Waals surface area (Å²) in [6.07, 6.45) is 5.11. The van der Waals surface area contributed by atoms with Crippen molar-refractivity contribution in [1.29, 1.82) is 0 Å². The summed E-state index contributed by atoms with van der Waals surface area (Å²) in [5.74, 6) is 0.806. The van der Waals surface area contributed by atoms with Crippen molar-refractivity contribution >= 4 is 22.8 Å². The van der Waals surface area contributed by atoms with Gasteiger partial charge in [0.05, 0.1) is 17.9 Å². The highest BCUT2D eigenvalue weighted by Gasteiger charge is 2.36. The number of hydrogen-bond acceptors (Lipinski definition) is 5. The summed E-state index contributed by atoms with van der Waals surface area (Å²) in [5.41, 5.74) is 3.21. The standard InChI is InChI=1S/C15H15ClN4O.C5H8O/c1-9-12-13(19-15(16)17-9)20(10(2)18-12)14(21-3)11-7-5-4-6-8-11;1-2-5-3-4(1)6-5/h4-8,14H,1-3H3;4-5H,1-3H2. The smallest absolute Gasteiger partial charge is 0.224 e. The van der Waals surface area contributed by atoms with Gasteiger partial charge in [0.15, 0.2) is 11.9 Å². The van der Waals surface area contributed by atoms with Crippen molar-refractivity contribution in [3.63, 3.8) is 0 Å². The number of ether oxygens (including phenoxy) is 2. The van der Waals surface area contributed by atoms with E-state index in [0.717, 1.165) is 22.6 Å². The topological polar surface area (TPSA) is 62.1 Å². The maximum Gasteiger partial charge on any atom is 0.224 e. The van der Waals surface area contributed by atoms with Crippen LogP contribution in [0.1, 0.15) is 42.6 Å². The Morgan fingerprint density at radius 1 is 1.11 bits per heavy atom. The average molecular weight is 387 g/mol. The van der Waals surface area contributed by atoms with E-state index in [9.17, 15) is 0 Å². The van der Waals surface area contributed by atoms with Gasteiger partial charge in [-0.1, -0.05) is 30.3 Å². The maximum atomic E-state index is 5.99. The molecule has 3 atom stereocenters. The lowest BCUT2D eigenvalue weighted by molar-refractivity contribution is -0.0647. The molecule has 2 saturated heterocycles. The molecule has 27 heavy (non-hydrogen) atoms. The van der Waals surface area contributed by atoms with E-state index >= 15 is 0 Å². The van der Waals surface area contributed by atoms with Gasteiger partial charge in [0.25, 0.3) is 0 Å². The third kappa shape index (κ3) is 3.57. The van der Waals surface area contributed by atoms with Crippen LogP contribution in [0.4, 0.5) is 0 Å². The molecule has 3 aliphatic rings. The predicted octanol–water partition coefficient (Wildman–Crippen LogP) is 4.23. The van der Waals surface area contributed by atoms with Gasteiger partial charge in [-0.05, 0) is 44.7 Å². The van der Waals surface area contributed by atoms with Crippen LogP contribution < -0.4 is 0 Å². The first-order valence-corrected chi connectivity index (χ1v) is 9.56. The number of aromatic nitrogens is 4. The van der Waals surface area contributed by atoms with Crippen LogP contribution in [0.2, 0.25) is 5.28 Å². The minimum absolute atomic E-state index is 0.212. The van der Waals surface area contributed by atoms with Gasteiger partial charge in [-0.25, -0.2) is 9.97 Å². The molecule has 0 amide bonds. The van der Waals surface area contributed by atoms with Crippen LogP contribution in [0.5, 0.6) is 0 Å². The zero-order chi connectivity index (χ0) is 19.0. The Bertz CT molecular complexity index is 925. The normalized spacial score (nSPS) is 21.5. The molecule has 6 rings (SSSR count). The van der Waals surface area contributed by atoms with Crippen LogP contribution in [0.15, 0.2) is 30.3 Å². The van der Waals surface area contributed by atoms with Crippen molar-refractivity contribution in [2.75, 3.05) is 7.11 Å². The summed E-state index contributed by atoms with van der Waals surface area (Å²) in [4.78, 5) is 13.0. The number of aryl methyl sites for hydroxylation is 2. The van der Waals surface area contributed by atoms with Gasteiger partial charge in [-0.3, -0.25) is 4.57 Å². The molecular formula is C20H23ClN4O2. The zero-order valence-corrected chi connectivity index (χ0v) is 16.5. The molecule has 4 heterocycles. The number of fused-ring (bicyclic) bond motifs is 2. The maximum absolute atomic E-state index is 5.99. The molecule has 1 aliphatic carbocycles. The molecule has 1 aromatic carbocycles. The van der Waals surface area contributed by atoms with E-state index < -0.39 is 0 Å². The largest absolute Gasteiger partial charge is 0.375 e. The highest BCUT2D eigenvalue weighted by molar-refractivity contribution is 6.28. The fourth-order valence-electron chi connectivity index (χ4n) is 3.77. The van der Waals surface area contributed by atoms with E-state index in [0.29, 0.717) is 17.9 Å². The van der Waals surface area contributed by atoms with Crippen molar-refractivity contribution < 1.29 is 9.47 Å². The molecule has 6 nitrogen and oxygen atoms in total. The second kappa shape index (κ2) is 7.54. The molecule has 0 N–H and O–H groups in total. The lowest BCUT2D eigenvalue weighted by Crippen LogP contribution is -2.25. The minimum Gasteiger partial charge on any atom is -0.375 e. The molecule has 3 fully saturated rings. The van der Waals surface area contributed by atoms with Gasteiger partial charge >= 0.3 is 0 Å². The van der Waals surface area contributed by atoms with Crippen LogP contribution in [0.25, 0.3) is 11.2 Å². The summed E-state index contributed by atoms with van der Waals surface area (Å²) < 4.78 is 12.9. The molecule has 0 radical (unpaired) electrons. The summed E-state index contributed by atoms with van der Waals surface area (Å²) in [6.45, 7) is 3.79. The summed E-state index contributed by atoms with van der Waals surface area (Å²) in [5, 5.41) is 0.212. The van der Waals surface area contributed by atoms with Gasteiger partial charge in [-0.15, -0.1) is 0 Å². The molecular weight excluding hydrogens is 364 g/mol. The number of imidazole rings is 1. The van der Waals surface area contributed by atoms with Gasteiger partial charge in [0, 0.05) is 12.7 Å². The molecule has 1 saturated carbocycles. The molecule has 2 aromatic heterocycles. The fraction of sp³-hybridized carbons (Fsp3) is 0.450. The van der Waals surface area contributed by atoms with Gasteiger partial charge < -0.3 is 9.47 Å². The van der Waals surface area contributed by atoms with Crippen LogP contribution >= 0.6 is 11.6 Å². The van der Waals surface area contributed by atoms with Crippen molar-refractivity contribution in [3.05, 3.63) is 52.7 Å². The van der Waals surface area contributed by atoms with Crippen molar-refractivity contribution in [1.82, 2.24) is 19.5 Å². The van der Waals surface area contributed by atoms with E-state index in [4.69, 9.17) is 21.1 Å². The first kappa shape index (κ1) is 18.3. The number of methoxy groups -OCH3 is 1. The second-order valence-corrected chi connectivity index (χ2v) is 7.31. The Labute approximate surface area is 163 Å². The van der Waals surface area contributed by atoms with Crippen LogP contribution in [0.3, 0.4) is 0 Å². The predicted molar refractivity (Wildman–Crippen MR) is 104 cm³/mol. The SMILES string of the molecule is C1CC2CC1O2.COC(c1ccccc1)n1c(C)nc2c(C)nc(Cl)nc21. The third-order valence-electron chi connectivity index (χ3n) is 5.13. The van der Waals surface area contributed by atoms with Crippen molar-refractivity contribution in [3.8, 4) is 0 Å². The quantitative estimate of drug-likeness (QED) is 0.630. The van der Waals surface area contributed by atoms with Crippen LogP contribution in [0, 0.1) is 13.8 Å². The van der Waals surface area contributed by atoms with Gasteiger partial charge in [0.2, 0.25) is 5.28 Å². The average Bonchev–Trinajstić information content (AvgIpc) is 3.35. The monoisotopic (exact) mass is 386 g/mol. The van der Waals surface area contributed by atoms with E-state index in [1.165, 1.54) is 19.3 Å². The number of halogens is 1. The fourth-order valence-corrected chi connectivity index (χ4v) is 3.98. The summed E-state index contributed by atoms with van der Waals surface area (Å²) in [7, 11) is 1.67.